The number of aromatic carboxylic acids is 1. The average Bonchev–Trinajstić information content (AvgIpc) is 2.80. The van der Waals surface area contributed by atoms with Crippen LogP contribution in [0, 0.1) is 11.8 Å². The van der Waals surface area contributed by atoms with Gasteiger partial charge < -0.3 is 14.9 Å². The van der Waals surface area contributed by atoms with Gasteiger partial charge in [-0.1, -0.05) is 30.9 Å². The maximum atomic E-state index is 13.3. The molecule has 3 aromatic carbocycles. The van der Waals surface area contributed by atoms with Gasteiger partial charge in [-0.05, 0) is 78.9 Å². The number of hydrogen-bond donors (Lipinski definition) is 2. The van der Waals surface area contributed by atoms with Gasteiger partial charge in [0.1, 0.15) is 11.5 Å². The van der Waals surface area contributed by atoms with Gasteiger partial charge in [-0.2, -0.15) is 13.2 Å². The molecule has 0 spiro atoms. The Morgan fingerprint density at radius 3 is 2.44 bits per heavy atom. The van der Waals surface area contributed by atoms with E-state index in [9.17, 15) is 28.2 Å². The summed E-state index contributed by atoms with van der Waals surface area (Å²) in [5, 5.41) is 18.7. The van der Waals surface area contributed by atoms with Gasteiger partial charge in [0, 0.05) is 11.1 Å². The molecule has 0 aliphatic carbocycles. The normalized spacial score (nSPS) is 10.9. The van der Waals surface area contributed by atoms with Gasteiger partial charge in [-0.3, -0.25) is 0 Å². The molecule has 0 fully saturated rings. The van der Waals surface area contributed by atoms with Crippen molar-refractivity contribution in [1.29, 1.82) is 0 Å². The Balaban J connectivity index is 1.81. The highest BCUT2D eigenvalue weighted by atomic mass is 19.4. The fraction of sp³-hybridized carbons (Fsp3) is 0.222. The van der Waals surface area contributed by atoms with Crippen LogP contribution in [-0.2, 0) is 19.0 Å². The number of rotatable bonds is 7. The summed E-state index contributed by atoms with van der Waals surface area (Å²) in [7, 11) is 0. The van der Waals surface area contributed by atoms with Gasteiger partial charge in [-0.25, -0.2) is 4.79 Å². The van der Waals surface area contributed by atoms with Crippen molar-refractivity contribution in [1.82, 2.24) is 0 Å². The smallest absolute Gasteiger partial charge is 0.417 e. The number of aryl methyl sites for hydroxylation is 2. The number of carboxylic acid groups (broad SMARTS) is 1. The molecule has 0 atom stereocenters. The summed E-state index contributed by atoms with van der Waals surface area (Å²) in [6.45, 7) is 2.43. The van der Waals surface area contributed by atoms with Gasteiger partial charge in [0.25, 0.3) is 0 Å². The van der Waals surface area contributed by atoms with E-state index in [0.29, 0.717) is 36.6 Å². The molecule has 0 saturated heterocycles. The molecule has 176 valence electrons. The van der Waals surface area contributed by atoms with E-state index in [4.69, 9.17) is 4.74 Å². The van der Waals surface area contributed by atoms with Gasteiger partial charge in [0.15, 0.2) is 0 Å². The minimum Gasteiger partial charge on any atom is -0.508 e. The summed E-state index contributed by atoms with van der Waals surface area (Å²) >= 11 is 0. The lowest BCUT2D eigenvalue weighted by Crippen LogP contribution is -2.07. The first-order valence-electron chi connectivity index (χ1n) is 10.7. The zero-order valence-corrected chi connectivity index (χ0v) is 18.4. The standard InChI is InChI=1S/C27H23F3O4/c1-2-18-5-3-7-24(15-18)34-14-4-6-21-16-22(26(32)33)11-9-19(21)8-10-20-12-13-23(31)17-25(20)27(28,29)30/h3,5,7,9,11-13,15-17,31H,2,4,6,14H2,1H3,(H,32,33). The average molecular weight is 468 g/mol. The Bertz CT molecular complexity index is 1240. The third-order valence-corrected chi connectivity index (χ3v) is 5.16. The number of aromatic hydroxyl groups is 1. The molecule has 0 amide bonds. The number of halogens is 3. The maximum Gasteiger partial charge on any atom is 0.417 e. The van der Waals surface area contributed by atoms with Crippen molar-refractivity contribution in [3.8, 4) is 23.3 Å². The van der Waals surface area contributed by atoms with E-state index in [1.807, 2.05) is 31.2 Å². The fourth-order valence-electron chi connectivity index (χ4n) is 3.37. The van der Waals surface area contributed by atoms with Crippen LogP contribution in [0.2, 0.25) is 0 Å². The lowest BCUT2D eigenvalue weighted by molar-refractivity contribution is -0.137. The number of carbonyl (C=O) groups is 1. The Kier molecular flexibility index (Phi) is 7.85. The SMILES string of the molecule is CCc1cccc(OCCCc2cc(C(=O)O)ccc2C#Cc2ccc(O)cc2C(F)(F)F)c1. The molecule has 0 aliphatic heterocycles. The van der Waals surface area contributed by atoms with E-state index >= 15 is 0 Å². The molecular formula is C27H23F3O4. The molecule has 0 aromatic heterocycles. The van der Waals surface area contributed by atoms with Crippen molar-refractivity contribution in [3.63, 3.8) is 0 Å². The van der Waals surface area contributed by atoms with Crippen molar-refractivity contribution in [2.75, 3.05) is 6.61 Å². The van der Waals surface area contributed by atoms with Gasteiger partial charge >= 0.3 is 12.1 Å². The number of phenols is 1. The number of carboxylic acids is 1. The van der Waals surface area contributed by atoms with Crippen LogP contribution >= 0.6 is 0 Å². The first-order chi connectivity index (χ1) is 16.2. The zero-order chi connectivity index (χ0) is 24.7. The van der Waals surface area contributed by atoms with Gasteiger partial charge in [0.05, 0.1) is 17.7 Å². The Morgan fingerprint density at radius 1 is 1.00 bits per heavy atom. The Labute approximate surface area is 195 Å². The molecule has 2 N–H and O–H groups in total. The monoisotopic (exact) mass is 468 g/mol. The molecule has 0 heterocycles. The molecule has 3 aromatic rings. The summed E-state index contributed by atoms with van der Waals surface area (Å²) in [5.74, 6) is 4.39. The van der Waals surface area contributed by atoms with Crippen LogP contribution in [0.4, 0.5) is 13.2 Å². The second-order valence-electron chi connectivity index (χ2n) is 7.61. The van der Waals surface area contributed by atoms with E-state index in [1.165, 1.54) is 18.2 Å². The van der Waals surface area contributed by atoms with Crippen LogP contribution in [0.1, 0.15) is 51.5 Å². The summed E-state index contributed by atoms with van der Waals surface area (Å²) in [5.41, 5.74) is 0.934. The molecule has 0 aliphatic rings. The summed E-state index contributed by atoms with van der Waals surface area (Å²) in [6.07, 6.45) is -2.80. The van der Waals surface area contributed by atoms with Crippen molar-refractivity contribution < 1.29 is 32.9 Å². The molecular weight excluding hydrogens is 445 g/mol. The molecule has 0 radical (unpaired) electrons. The summed E-state index contributed by atoms with van der Waals surface area (Å²) in [4.78, 5) is 11.4. The highest BCUT2D eigenvalue weighted by molar-refractivity contribution is 5.88. The van der Waals surface area contributed by atoms with Gasteiger partial charge in [-0.15, -0.1) is 0 Å². The molecule has 7 heteroatoms. The lowest BCUT2D eigenvalue weighted by atomic mass is 9.99. The number of phenolic OH excluding ortho intramolecular Hbond substituents is 1. The quantitative estimate of drug-likeness (QED) is 0.326. The first-order valence-corrected chi connectivity index (χ1v) is 10.7. The number of hydrogen-bond acceptors (Lipinski definition) is 3. The van der Waals surface area contributed by atoms with E-state index in [2.05, 4.69) is 11.8 Å². The lowest BCUT2D eigenvalue weighted by Gasteiger charge is -2.10. The molecule has 0 saturated carbocycles. The Morgan fingerprint density at radius 2 is 1.74 bits per heavy atom. The van der Waals surface area contributed by atoms with Crippen LogP contribution in [0.3, 0.4) is 0 Å². The summed E-state index contributed by atoms with van der Waals surface area (Å²) in [6, 6.07) is 14.9. The second-order valence-corrected chi connectivity index (χ2v) is 7.61. The topological polar surface area (TPSA) is 66.8 Å². The van der Waals surface area contributed by atoms with E-state index in [0.717, 1.165) is 29.9 Å². The molecule has 4 nitrogen and oxygen atoms in total. The van der Waals surface area contributed by atoms with Crippen LogP contribution in [-0.4, -0.2) is 22.8 Å². The van der Waals surface area contributed by atoms with E-state index in [1.54, 1.807) is 0 Å². The predicted molar refractivity (Wildman–Crippen MR) is 122 cm³/mol. The van der Waals surface area contributed by atoms with Crippen LogP contribution in [0.25, 0.3) is 0 Å². The third kappa shape index (κ3) is 6.55. The maximum absolute atomic E-state index is 13.3. The minimum atomic E-state index is -4.68. The van der Waals surface area contributed by atoms with Crippen molar-refractivity contribution >= 4 is 5.97 Å². The molecule has 3 rings (SSSR count). The molecule has 0 bridgehead atoms. The number of alkyl halides is 3. The highest BCUT2D eigenvalue weighted by Gasteiger charge is 2.33. The fourth-order valence-corrected chi connectivity index (χ4v) is 3.37. The van der Waals surface area contributed by atoms with Crippen molar-refractivity contribution in [2.45, 2.75) is 32.4 Å². The van der Waals surface area contributed by atoms with Crippen molar-refractivity contribution in [2.24, 2.45) is 0 Å². The first kappa shape index (κ1) is 24.7. The van der Waals surface area contributed by atoms with E-state index in [-0.39, 0.29) is 11.1 Å². The zero-order valence-electron chi connectivity index (χ0n) is 18.4. The van der Waals surface area contributed by atoms with Crippen LogP contribution in [0.5, 0.6) is 11.5 Å². The predicted octanol–water partition coefficient (Wildman–Crippen LogP) is 6.08. The summed E-state index contributed by atoms with van der Waals surface area (Å²) < 4.78 is 45.7. The van der Waals surface area contributed by atoms with E-state index < -0.39 is 23.5 Å². The number of benzene rings is 3. The number of ether oxygens (including phenoxy) is 1. The Hall–Kier alpha value is -3.92. The van der Waals surface area contributed by atoms with Crippen LogP contribution in [0.15, 0.2) is 60.7 Å². The van der Waals surface area contributed by atoms with Crippen molar-refractivity contribution in [3.05, 3.63) is 94.0 Å². The highest BCUT2D eigenvalue weighted by Crippen LogP contribution is 2.33. The molecule has 0 unspecified atom stereocenters. The second kappa shape index (κ2) is 10.8. The molecule has 34 heavy (non-hydrogen) atoms. The van der Waals surface area contributed by atoms with Crippen LogP contribution < -0.4 is 4.74 Å². The minimum absolute atomic E-state index is 0.0673. The van der Waals surface area contributed by atoms with Gasteiger partial charge in [0.2, 0.25) is 0 Å². The largest absolute Gasteiger partial charge is 0.508 e. The third-order valence-electron chi connectivity index (χ3n) is 5.16.